The molecule has 0 atom stereocenters. The van der Waals surface area contributed by atoms with Gasteiger partial charge in [-0.2, -0.15) is 0 Å². The molecular weight excluding hydrogens is 176 g/mol. The van der Waals surface area contributed by atoms with Crippen LogP contribution >= 0.6 is 11.6 Å². The van der Waals surface area contributed by atoms with Gasteiger partial charge in [0.1, 0.15) is 4.87 Å². The Morgan fingerprint density at radius 2 is 2.18 bits per heavy atom. The third kappa shape index (κ3) is 2.29. The highest BCUT2D eigenvalue weighted by atomic mass is 35.5. The van der Waals surface area contributed by atoms with Gasteiger partial charge in [-0.05, 0) is 12.8 Å². The normalized spacial score (nSPS) is 20.0. The van der Waals surface area contributed by atoms with Crippen LogP contribution in [0.25, 0.3) is 0 Å². The summed E-state index contributed by atoms with van der Waals surface area (Å²) in [7, 11) is 0. The fraction of sp³-hybridized carbons (Fsp3) is 0.833. The number of carbonyl (C=O) groups is 1. The number of amides is 1. The lowest BCUT2D eigenvalue weighted by Gasteiger charge is -2.06. The molecule has 2 nitrogen and oxygen atoms in total. The molecular formula is C6H8ClF2NO. The zero-order valence-electron chi connectivity index (χ0n) is 5.74. The van der Waals surface area contributed by atoms with Gasteiger partial charge in [0.05, 0.1) is 6.54 Å². The van der Waals surface area contributed by atoms with Crippen molar-refractivity contribution in [3.8, 4) is 0 Å². The van der Waals surface area contributed by atoms with E-state index in [9.17, 15) is 13.6 Å². The molecule has 0 aromatic carbocycles. The van der Waals surface area contributed by atoms with Gasteiger partial charge in [-0.1, -0.05) is 0 Å². The van der Waals surface area contributed by atoms with E-state index in [1.54, 1.807) is 0 Å². The summed E-state index contributed by atoms with van der Waals surface area (Å²) in [5.41, 5.74) is 0. The third-order valence-corrected chi connectivity index (χ3v) is 2.06. The number of halogens is 3. The Labute approximate surface area is 67.9 Å². The van der Waals surface area contributed by atoms with Crippen molar-refractivity contribution in [2.75, 3.05) is 6.54 Å². The lowest BCUT2D eigenvalue weighted by Crippen LogP contribution is -2.35. The molecule has 5 heteroatoms. The molecule has 1 rings (SSSR count). The summed E-state index contributed by atoms with van der Waals surface area (Å²) < 4.78 is 23.1. The third-order valence-electron chi connectivity index (χ3n) is 1.51. The first kappa shape index (κ1) is 8.71. The standard InChI is InChI=1S/C6H8ClF2NO/c7-6(1-2-6)5(11)10-3-4(8)9/h4H,1-3H2,(H,10,11). The SMILES string of the molecule is O=C(NCC(F)F)C1(Cl)CC1. The van der Waals surface area contributed by atoms with E-state index in [4.69, 9.17) is 11.6 Å². The quantitative estimate of drug-likeness (QED) is 0.654. The van der Waals surface area contributed by atoms with Crippen LogP contribution in [-0.2, 0) is 4.79 Å². The van der Waals surface area contributed by atoms with Crippen LogP contribution < -0.4 is 5.32 Å². The summed E-state index contributed by atoms with van der Waals surface area (Å²) in [5.74, 6) is -0.473. The van der Waals surface area contributed by atoms with E-state index in [-0.39, 0.29) is 0 Å². The van der Waals surface area contributed by atoms with E-state index in [2.05, 4.69) is 5.32 Å². The van der Waals surface area contributed by atoms with Gasteiger partial charge in [0.25, 0.3) is 6.43 Å². The van der Waals surface area contributed by atoms with E-state index in [0.717, 1.165) is 0 Å². The monoisotopic (exact) mass is 183 g/mol. The summed E-state index contributed by atoms with van der Waals surface area (Å²) in [4.78, 5) is 9.99. The van der Waals surface area contributed by atoms with Crippen LogP contribution in [-0.4, -0.2) is 23.8 Å². The average molecular weight is 184 g/mol. The van der Waals surface area contributed by atoms with Crippen LogP contribution in [0, 0.1) is 0 Å². The Balaban J connectivity index is 2.22. The second kappa shape index (κ2) is 2.93. The van der Waals surface area contributed by atoms with E-state index in [1.807, 2.05) is 0 Å². The summed E-state index contributed by atoms with van der Waals surface area (Å²) in [5, 5.41) is 2.06. The second-order valence-electron chi connectivity index (χ2n) is 2.57. The predicted molar refractivity (Wildman–Crippen MR) is 36.8 cm³/mol. The molecule has 0 aliphatic heterocycles. The van der Waals surface area contributed by atoms with Crippen molar-refractivity contribution in [3.05, 3.63) is 0 Å². The van der Waals surface area contributed by atoms with Crippen LogP contribution in [0.15, 0.2) is 0 Å². The molecule has 1 N–H and O–H groups in total. The number of nitrogens with one attached hydrogen (secondary N) is 1. The smallest absolute Gasteiger partial charge is 0.255 e. The molecule has 0 bridgehead atoms. The van der Waals surface area contributed by atoms with E-state index >= 15 is 0 Å². The Morgan fingerprint density at radius 1 is 1.64 bits per heavy atom. The fourth-order valence-electron chi connectivity index (χ4n) is 0.665. The van der Waals surface area contributed by atoms with Crippen LogP contribution in [0.1, 0.15) is 12.8 Å². The number of rotatable bonds is 3. The number of hydrogen-bond donors (Lipinski definition) is 1. The molecule has 0 unspecified atom stereocenters. The van der Waals surface area contributed by atoms with Crippen molar-refractivity contribution in [1.29, 1.82) is 0 Å². The van der Waals surface area contributed by atoms with Crippen LogP contribution in [0.5, 0.6) is 0 Å². The molecule has 1 amide bonds. The van der Waals surface area contributed by atoms with Crippen molar-refractivity contribution in [1.82, 2.24) is 5.32 Å². The van der Waals surface area contributed by atoms with E-state index < -0.39 is 23.8 Å². The first-order chi connectivity index (χ1) is 5.04. The maximum absolute atomic E-state index is 11.5. The molecule has 11 heavy (non-hydrogen) atoms. The molecule has 0 aromatic rings. The van der Waals surface area contributed by atoms with Gasteiger partial charge in [-0.15, -0.1) is 11.6 Å². The highest BCUT2D eigenvalue weighted by molar-refractivity contribution is 6.37. The van der Waals surface area contributed by atoms with Gasteiger partial charge in [0.2, 0.25) is 5.91 Å². The maximum Gasteiger partial charge on any atom is 0.255 e. The molecule has 0 spiro atoms. The molecule has 0 aromatic heterocycles. The molecule has 1 aliphatic carbocycles. The number of carbonyl (C=O) groups excluding carboxylic acids is 1. The fourth-order valence-corrected chi connectivity index (χ4v) is 0.826. The average Bonchev–Trinajstić information content (AvgIpc) is 2.64. The van der Waals surface area contributed by atoms with Gasteiger partial charge in [0.15, 0.2) is 0 Å². The van der Waals surface area contributed by atoms with Crippen molar-refractivity contribution in [3.63, 3.8) is 0 Å². The number of alkyl halides is 3. The van der Waals surface area contributed by atoms with Crippen LogP contribution in [0.4, 0.5) is 8.78 Å². The van der Waals surface area contributed by atoms with Gasteiger partial charge in [-0.25, -0.2) is 8.78 Å². The highest BCUT2D eigenvalue weighted by Crippen LogP contribution is 2.42. The molecule has 0 heterocycles. The minimum atomic E-state index is -2.50. The molecule has 64 valence electrons. The minimum Gasteiger partial charge on any atom is -0.349 e. The first-order valence-electron chi connectivity index (χ1n) is 3.30. The zero-order chi connectivity index (χ0) is 8.48. The Hall–Kier alpha value is -0.380. The van der Waals surface area contributed by atoms with Crippen molar-refractivity contribution < 1.29 is 13.6 Å². The zero-order valence-corrected chi connectivity index (χ0v) is 6.50. The first-order valence-corrected chi connectivity index (χ1v) is 3.68. The van der Waals surface area contributed by atoms with Gasteiger partial charge < -0.3 is 5.32 Å². The Bertz CT molecular complexity index is 170. The summed E-state index contributed by atoms with van der Waals surface area (Å²) in [6.45, 7) is -0.604. The molecule has 1 aliphatic rings. The van der Waals surface area contributed by atoms with Gasteiger partial charge in [-0.3, -0.25) is 4.79 Å². The molecule has 0 radical (unpaired) electrons. The largest absolute Gasteiger partial charge is 0.349 e. The summed E-state index contributed by atoms with van der Waals surface area (Å²) >= 11 is 5.62. The minimum absolute atomic E-state index is 0.473. The van der Waals surface area contributed by atoms with Crippen LogP contribution in [0.2, 0.25) is 0 Å². The molecule has 0 saturated heterocycles. The summed E-state index contributed by atoms with van der Waals surface area (Å²) in [6, 6.07) is 0. The maximum atomic E-state index is 11.5. The highest BCUT2D eigenvalue weighted by Gasteiger charge is 2.48. The Kier molecular flexibility index (Phi) is 2.32. The molecule has 1 saturated carbocycles. The summed E-state index contributed by atoms with van der Waals surface area (Å²) in [6.07, 6.45) is -1.33. The number of hydrogen-bond acceptors (Lipinski definition) is 1. The van der Waals surface area contributed by atoms with Crippen molar-refractivity contribution >= 4 is 17.5 Å². The molecule has 1 fully saturated rings. The van der Waals surface area contributed by atoms with Crippen LogP contribution in [0.3, 0.4) is 0 Å². The van der Waals surface area contributed by atoms with Crippen molar-refractivity contribution in [2.45, 2.75) is 24.1 Å². The van der Waals surface area contributed by atoms with E-state index in [0.29, 0.717) is 12.8 Å². The lowest BCUT2D eigenvalue weighted by atomic mass is 10.4. The van der Waals surface area contributed by atoms with E-state index in [1.165, 1.54) is 0 Å². The Morgan fingerprint density at radius 3 is 2.55 bits per heavy atom. The van der Waals surface area contributed by atoms with Crippen molar-refractivity contribution in [2.24, 2.45) is 0 Å². The lowest BCUT2D eigenvalue weighted by molar-refractivity contribution is -0.122. The predicted octanol–water partition coefficient (Wildman–Crippen LogP) is 1.14. The van der Waals surface area contributed by atoms with Gasteiger partial charge in [0, 0.05) is 0 Å². The van der Waals surface area contributed by atoms with Gasteiger partial charge >= 0.3 is 0 Å². The second-order valence-corrected chi connectivity index (χ2v) is 3.29. The topological polar surface area (TPSA) is 29.1 Å².